The molecule has 0 radical (unpaired) electrons. The van der Waals surface area contributed by atoms with E-state index in [0.717, 1.165) is 11.1 Å². The molecule has 0 aromatic heterocycles. The Kier molecular flexibility index (Phi) is 5.26. The molecule has 1 fully saturated rings. The van der Waals surface area contributed by atoms with Crippen molar-refractivity contribution in [3.8, 4) is 0 Å². The van der Waals surface area contributed by atoms with Crippen LogP contribution < -0.4 is 16.6 Å². The fourth-order valence-corrected chi connectivity index (χ4v) is 5.61. The minimum absolute atomic E-state index is 0.00230. The Morgan fingerprint density at radius 2 is 1.58 bits per heavy atom. The lowest BCUT2D eigenvalue weighted by molar-refractivity contribution is -0.152. The van der Waals surface area contributed by atoms with Crippen LogP contribution in [0, 0.1) is 6.92 Å². The average molecular weight is 461 g/mol. The van der Waals surface area contributed by atoms with Gasteiger partial charge in [0.1, 0.15) is 17.1 Å². The van der Waals surface area contributed by atoms with Gasteiger partial charge in [-0.05, 0) is 18.1 Å². The fraction of sp³-hybridized carbons (Fsp3) is 0.200. The highest BCUT2D eigenvalue weighted by Gasteiger charge is 2.53. The van der Waals surface area contributed by atoms with Gasteiger partial charge in [0, 0.05) is 22.5 Å². The zero-order chi connectivity index (χ0) is 23.3. The molecule has 2 atom stereocenters. The number of hydrogen-bond donors (Lipinski definition) is 1. The molecule has 7 nitrogen and oxygen atoms in total. The zero-order valence-electron chi connectivity index (χ0n) is 17.7. The van der Waals surface area contributed by atoms with E-state index in [9.17, 15) is 19.2 Å². The molecule has 33 heavy (non-hydrogen) atoms. The van der Waals surface area contributed by atoms with Crippen LogP contribution in [0.2, 0.25) is 0 Å². The van der Waals surface area contributed by atoms with Crippen LogP contribution in [-0.4, -0.2) is 33.9 Å². The van der Waals surface area contributed by atoms with Crippen molar-refractivity contribution in [3.05, 3.63) is 109 Å². The fourth-order valence-electron chi connectivity index (χ4n) is 4.31. The van der Waals surface area contributed by atoms with E-state index in [2.05, 4.69) is 0 Å². The molecule has 2 aliphatic heterocycles. The van der Waals surface area contributed by atoms with Crippen LogP contribution in [0.1, 0.15) is 28.4 Å². The highest BCUT2D eigenvalue weighted by molar-refractivity contribution is 8.00. The molecule has 5 rings (SSSR count). The summed E-state index contributed by atoms with van der Waals surface area (Å²) in [6.45, 7) is 1.55. The molecule has 2 heterocycles. The summed E-state index contributed by atoms with van der Waals surface area (Å²) in [7, 11) is 0. The SMILES string of the molecule is Cc1c(C2=C(C(=O)OC(c3ccccc3)c3ccccc3)N3C(=O)C(N)[C@H]3SC2)c(=O)c1=O. The first-order valence-corrected chi connectivity index (χ1v) is 11.5. The van der Waals surface area contributed by atoms with E-state index in [-0.39, 0.29) is 17.0 Å². The van der Waals surface area contributed by atoms with E-state index in [1.54, 1.807) is 6.92 Å². The molecule has 0 saturated carbocycles. The molecule has 0 aliphatic carbocycles. The lowest BCUT2D eigenvalue weighted by Crippen LogP contribution is -2.68. The van der Waals surface area contributed by atoms with E-state index in [1.807, 2.05) is 60.7 Å². The predicted octanol–water partition coefficient (Wildman–Crippen LogP) is 1.88. The van der Waals surface area contributed by atoms with Crippen molar-refractivity contribution >= 4 is 29.2 Å². The molecular formula is C25H20N2O5S. The topological polar surface area (TPSA) is 107 Å². The van der Waals surface area contributed by atoms with Gasteiger partial charge in [-0.1, -0.05) is 60.7 Å². The molecule has 1 saturated heterocycles. The number of benzene rings is 2. The lowest BCUT2D eigenvalue weighted by Gasteiger charge is -2.48. The first-order valence-electron chi connectivity index (χ1n) is 10.4. The second kappa shape index (κ2) is 8.13. The van der Waals surface area contributed by atoms with Crippen LogP contribution in [0.4, 0.5) is 0 Å². The maximum absolute atomic E-state index is 13.6. The number of fused-ring (bicyclic) bond motifs is 1. The Morgan fingerprint density at radius 1 is 1.00 bits per heavy atom. The van der Waals surface area contributed by atoms with Gasteiger partial charge in [0.25, 0.3) is 0 Å². The minimum Gasteiger partial charge on any atom is -0.448 e. The highest BCUT2D eigenvalue weighted by atomic mass is 32.2. The predicted molar refractivity (Wildman–Crippen MR) is 125 cm³/mol. The number of amides is 1. The average Bonchev–Trinajstić information content (AvgIpc) is 2.87. The number of ether oxygens (including phenoxy) is 1. The van der Waals surface area contributed by atoms with Crippen molar-refractivity contribution in [1.82, 2.24) is 4.90 Å². The number of esters is 1. The quantitative estimate of drug-likeness (QED) is 0.352. The molecule has 0 bridgehead atoms. The van der Waals surface area contributed by atoms with Crippen LogP contribution in [-0.2, 0) is 14.3 Å². The Hall–Kier alpha value is -3.49. The van der Waals surface area contributed by atoms with Crippen molar-refractivity contribution in [2.75, 3.05) is 5.75 Å². The number of nitrogens with zero attached hydrogens (tertiary/aromatic N) is 1. The summed E-state index contributed by atoms with van der Waals surface area (Å²) in [6.07, 6.45) is -0.722. The number of rotatable bonds is 5. The van der Waals surface area contributed by atoms with Crippen molar-refractivity contribution in [2.24, 2.45) is 5.73 Å². The first kappa shape index (κ1) is 21.4. The molecule has 8 heteroatoms. The third kappa shape index (κ3) is 3.34. The summed E-state index contributed by atoms with van der Waals surface area (Å²) in [4.78, 5) is 51.7. The van der Waals surface area contributed by atoms with E-state index in [1.165, 1.54) is 16.7 Å². The summed E-state index contributed by atoms with van der Waals surface area (Å²) in [5.41, 5.74) is 7.09. The van der Waals surface area contributed by atoms with E-state index in [0.29, 0.717) is 11.1 Å². The van der Waals surface area contributed by atoms with Gasteiger partial charge in [0.2, 0.25) is 16.8 Å². The van der Waals surface area contributed by atoms with Gasteiger partial charge >= 0.3 is 5.97 Å². The van der Waals surface area contributed by atoms with Crippen molar-refractivity contribution in [3.63, 3.8) is 0 Å². The highest BCUT2D eigenvalue weighted by Crippen LogP contribution is 2.43. The normalized spacial score (nSPS) is 20.1. The monoisotopic (exact) mass is 460 g/mol. The Balaban J connectivity index is 1.59. The second-order valence-corrected chi connectivity index (χ2v) is 9.13. The van der Waals surface area contributed by atoms with E-state index >= 15 is 0 Å². The second-order valence-electron chi connectivity index (χ2n) is 8.03. The number of β-lactam (4-membered cyclic amide) rings is 1. The lowest BCUT2D eigenvalue weighted by atomic mass is 9.92. The van der Waals surface area contributed by atoms with Crippen molar-refractivity contribution in [2.45, 2.75) is 24.4 Å². The largest absolute Gasteiger partial charge is 0.448 e. The number of carbonyl (C=O) groups is 2. The van der Waals surface area contributed by atoms with Crippen molar-refractivity contribution < 1.29 is 14.3 Å². The Labute approximate surface area is 193 Å². The molecule has 0 spiro atoms. The molecule has 1 unspecified atom stereocenters. The van der Waals surface area contributed by atoms with Gasteiger partial charge in [-0.3, -0.25) is 19.3 Å². The van der Waals surface area contributed by atoms with Crippen LogP contribution in [0.3, 0.4) is 0 Å². The van der Waals surface area contributed by atoms with Crippen LogP contribution >= 0.6 is 11.8 Å². The molecule has 2 aliphatic rings. The number of hydrogen-bond acceptors (Lipinski definition) is 7. The van der Waals surface area contributed by atoms with E-state index in [4.69, 9.17) is 10.5 Å². The number of carbonyl (C=O) groups excluding carboxylic acids is 2. The summed E-state index contributed by atoms with van der Waals surface area (Å²) >= 11 is 1.37. The van der Waals surface area contributed by atoms with Crippen LogP contribution in [0.15, 0.2) is 75.9 Å². The third-order valence-electron chi connectivity index (χ3n) is 6.08. The first-order chi connectivity index (χ1) is 15.9. The van der Waals surface area contributed by atoms with Gasteiger partial charge in [-0.25, -0.2) is 4.79 Å². The smallest absolute Gasteiger partial charge is 0.356 e. The summed E-state index contributed by atoms with van der Waals surface area (Å²) in [5, 5.41) is -0.414. The van der Waals surface area contributed by atoms with Crippen LogP contribution in [0.25, 0.3) is 5.57 Å². The maximum atomic E-state index is 13.6. The number of nitrogens with two attached hydrogens (primary N) is 1. The van der Waals surface area contributed by atoms with Gasteiger partial charge in [-0.2, -0.15) is 0 Å². The molecule has 3 aromatic rings. The summed E-state index contributed by atoms with van der Waals surface area (Å²) < 4.78 is 5.99. The molecule has 166 valence electrons. The van der Waals surface area contributed by atoms with Gasteiger partial charge < -0.3 is 10.5 Å². The van der Waals surface area contributed by atoms with Crippen molar-refractivity contribution in [1.29, 1.82) is 0 Å². The maximum Gasteiger partial charge on any atom is 0.356 e. The molecule has 3 aromatic carbocycles. The Morgan fingerprint density at radius 3 is 2.12 bits per heavy atom. The number of thioether (sulfide) groups is 1. The molecule has 1 amide bonds. The molecule has 2 N–H and O–H groups in total. The van der Waals surface area contributed by atoms with E-state index < -0.39 is 40.3 Å². The standard InChI is InChI=1S/C25H20N2O5S/c1-13-17(21(29)20(13)28)16-12-33-24-18(26)23(30)27(24)19(16)25(31)32-22(14-8-4-2-5-9-14)15-10-6-3-7-11-15/h2-11,18,22,24H,12,26H2,1H3/t18?,24-/m1/s1. The minimum atomic E-state index is -0.735. The van der Waals surface area contributed by atoms with Gasteiger partial charge in [0.15, 0.2) is 6.10 Å². The Bertz CT molecular complexity index is 1320. The summed E-state index contributed by atoms with van der Waals surface area (Å²) in [5.74, 6) is -0.871. The molecular weight excluding hydrogens is 440 g/mol. The zero-order valence-corrected chi connectivity index (χ0v) is 18.5. The third-order valence-corrected chi connectivity index (χ3v) is 7.38. The van der Waals surface area contributed by atoms with Gasteiger partial charge in [-0.15, -0.1) is 11.8 Å². The van der Waals surface area contributed by atoms with Crippen LogP contribution in [0.5, 0.6) is 0 Å². The van der Waals surface area contributed by atoms with Gasteiger partial charge in [0.05, 0.1) is 0 Å². The summed E-state index contributed by atoms with van der Waals surface area (Å²) in [6, 6.07) is 17.8.